The molecule has 1 fully saturated rings. The number of nitrogens with one attached hydrogen (secondary N) is 1. The number of hydrogen-bond donors (Lipinski definition) is 1. The van der Waals surface area contributed by atoms with Crippen LogP contribution in [0.1, 0.15) is 26.2 Å². The summed E-state index contributed by atoms with van der Waals surface area (Å²) >= 11 is 0. The molecule has 1 N–H and O–H groups in total. The maximum Gasteiger partial charge on any atom is 0.240 e. The molecule has 0 bridgehead atoms. The predicted molar refractivity (Wildman–Crippen MR) is 108 cm³/mol. The molecule has 0 atom stereocenters. The highest BCUT2D eigenvalue weighted by Crippen LogP contribution is 2.22. The van der Waals surface area contributed by atoms with E-state index in [1.807, 2.05) is 0 Å². The normalized spacial score (nSPS) is 16.1. The number of likely N-dealkylation sites (tertiary alicyclic amines) is 1. The van der Waals surface area contributed by atoms with Crippen LogP contribution in [0.2, 0.25) is 0 Å². The number of anilines is 1. The third kappa shape index (κ3) is 7.03. The molecule has 1 aromatic rings. The van der Waals surface area contributed by atoms with Crippen LogP contribution in [-0.4, -0.2) is 65.3 Å². The van der Waals surface area contributed by atoms with Crippen LogP contribution in [0.4, 0.5) is 5.69 Å². The second-order valence-corrected chi connectivity index (χ2v) is 9.11. The summed E-state index contributed by atoms with van der Waals surface area (Å²) in [5, 5.41) is 2.83. The molecule has 1 aromatic carbocycles. The number of piperidine rings is 1. The van der Waals surface area contributed by atoms with E-state index in [1.54, 1.807) is 24.3 Å². The molecule has 0 saturated carbocycles. The van der Waals surface area contributed by atoms with Gasteiger partial charge in [-0.1, -0.05) is 13.0 Å². The summed E-state index contributed by atoms with van der Waals surface area (Å²) in [5.41, 5.74) is 0.412. The van der Waals surface area contributed by atoms with Gasteiger partial charge in [-0.05, 0) is 56.9 Å². The van der Waals surface area contributed by atoms with Crippen LogP contribution in [0.3, 0.4) is 0 Å². The van der Waals surface area contributed by atoms with Crippen LogP contribution < -0.4 is 14.4 Å². The summed E-state index contributed by atoms with van der Waals surface area (Å²) in [6.45, 7) is 5.78. The van der Waals surface area contributed by atoms with Crippen molar-refractivity contribution in [2.24, 2.45) is 5.92 Å². The standard InChI is InChI=1S/C19H31N3O4S/c1-16-8-12-21(13-9-16)11-5-10-20-19(23)15-22(27(3,24)25)17-6-4-7-18(14-17)26-2/h4,6-7,14,16H,5,8-13,15H2,1-3H3,(H,20,23). The number of sulfonamides is 1. The Labute approximate surface area is 162 Å². The lowest BCUT2D eigenvalue weighted by atomic mass is 9.99. The number of ether oxygens (including phenoxy) is 1. The van der Waals surface area contributed by atoms with Crippen LogP contribution in [0.25, 0.3) is 0 Å². The van der Waals surface area contributed by atoms with Crippen molar-refractivity contribution in [2.45, 2.75) is 26.2 Å². The Morgan fingerprint density at radius 2 is 2.04 bits per heavy atom. The minimum Gasteiger partial charge on any atom is -0.497 e. The summed E-state index contributed by atoms with van der Waals surface area (Å²) in [6, 6.07) is 6.68. The van der Waals surface area contributed by atoms with Crippen LogP contribution in [0, 0.1) is 5.92 Å². The Kier molecular flexibility index (Phi) is 7.91. The topological polar surface area (TPSA) is 79.0 Å². The highest BCUT2D eigenvalue weighted by atomic mass is 32.2. The number of amides is 1. The summed E-state index contributed by atoms with van der Waals surface area (Å²) in [5.74, 6) is 1.03. The summed E-state index contributed by atoms with van der Waals surface area (Å²) in [6.07, 6.45) is 4.42. The van der Waals surface area contributed by atoms with E-state index in [1.165, 1.54) is 20.0 Å². The molecule has 1 aliphatic rings. The minimum absolute atomic E-state index is 0.243. The predicted octanol–water partition coefficient (Wildman–Crippen LogP) is 1.70. The lowest BCUT2D eigenvalue weighted by Crippen LogP contribution is -2.41. The summed E-state index contributed by atoms with van der Waals surface area (Å²) < 4.78 is 30.5. The number of rotatable bonds is 9. The maximum atomic E-state index is 12.3. The smallest absolute Gasteiger partial charge is 0.240 e. The van der Waals surface area contributed by atoms with Crippen LogP contribution in [-0.2, 0) is 14.8 Å². The van der Waals surface area contributed by atoms with Crippen molar-refractivity contribution in [1.29, 1.82) is 0 Å². The molecule has 0 radical (unpaired) electrons. The van der Waals surface area contributed by atoms with E-state index >= 15 is 0 Å². The van der Waals surface area contributed by atoms with E-state index in [0.717, 1.165) is 42.5 Å². The Morgan fingerprint density at radius 1 is 1.33 bits per heavy atom. The largest absolute Gasteiger partial charge is 0.497 e. The molecular weight excluding hydrogens is 366 g/mol. The molecule has 27 heavy (non-hydrogen) atoms. The van der Waals surface area contributed by atoms with E-state index in [2.05, 4.69) is 17.1 Å². The molecule has 1 saturated heterocycles. The number of nitrogens with zero attached hydrogens (tertiary/aromatic N) is 2. The maximum absolute atomic E-state index is 12.3. The number of methoxy groups -OCH3 is 1. The van der Waals surface area contributed by atoms with Gasteiger partial charge in [0.15, 0.2) is 0 Å². The van der Waals surface area contributed by atoms with Crippen molar-refractivity contribution < 1.29 is 17.9 Å². The number of carbonyl (C=O) groups excluding carboxylic acids is 1. The Bertz CT molecular complexity index is 715. The van der Waals surface area contributed by atoms with Gasteiger partial charge < -0.3 is 15.0 Å². The first-order chi connectivity index (χ1) is 12.8. The van der Waals surface area contributed by atoms with Crippen LogP contribution in [0.15, 0.2) is 24.3 Å². The molecular formula is C19H31N3O4S. The molecule has 1 heterocycles. The highest BCUT2D eigenvalue weighted by molar-refractivity contribution is 7.92. The molecule has 1 amide bonds. The van der Waals surface area contributed by atoms with Gasteiger partial charge in [0.05, 0.1) is 19.1 Å². The number of benzene rings is 1. The lowest BCUT2D eigenvalue weighted by molar-refractivity contribution is -0.119. The summed E-state index contributed by atoms with van der Waals surface area (Å²) in [7, 11) is -2.07. The van der Waals surface area contributed by atoms with Crippen molar-refractivity contribution in [1.82, 2.24) is 10.2 Å². The molecule has 0 aromatic heterocycles. The molecule has 8 heteroatoms. The van der Waals surface area contributed by atoms with E-state index in [9.17, 15) is 13.2 Å². The fourth-order valence-corrected chi connectivity index (χ4v) is 4.02. The van der Waals surface area contributed by atoms with Gasteiger partial charge >= 0.3 is 0 Å². The Hall–Kier alpha value is -1.80. The lowest BCUT2D eigenvalue weighted by Gasteiger charge is -2.30. The van der Waals surface area contributed by atoms with E-state index in [-0.39, 0.29) is 12.5 Å². The molecule has 152 valence electrons. The Morgan fingerprint density at radius 3 is 2.67 bits per heavy atom. The molecule has 7 nitrogen and oxygen atoms in total. The Balaban J connectivity index is 1.83. The van der Waals surface area contributed by atoms with E-state index < -0.39 is 10.0 Å². The first-order valence-corrected chi connectivity index (χ1v) is 11.2. The van der Waals surface area contributed by atoms with Crippen molar-refractivity contribution >= 4 is 21.6 Å². The number of carbonyl (C=O) groups is 1. The van der Waals surface area contributed by atoms with E-state index in [4.69, 9.17) is 4.74 Å². The van der Waals surface area contributed by atoms with Gasteiger partial charge in [-0.3, -0.25) is 9.10 Å². The quantitative estimate of drug-likeness (QED) is 0.642. The van der Waals surface area contributed by atoms with Gasteiger partial charge in [-0.2, -0.15) is 0 Å². The number of hydrogen-bond acceptors (Lipinski definition) is 5. The molecule has 0 spiro atoms. The fourth-order valence-electron chi connectivity index (χ4n) is 3.17. The molecule has 0 unspecified atom stereocenters. The van der Waals surface area contributed by atoms with Gasteiger partial charge in [0, 0.05) is 12.6 Å². The first-order valence-electron chi connectivity index (χ1n) is 9.40. The fraction of sp³-hybridized carbons (Fsp3) is 0.632. The average molecular weight is 398 g/mol. The van der Waals surface area contributed by atoms with Gasteiger partial charge in [0.25, 0.3) is 0 Å². The molecule has 0 aliphatic carbocycles. The summed E-state index contributed by atoms with van der Waals surface area (Å²) in [4.78, 5) is 14.7. The van der Waals surface area contributed by atoms with Crippen molar-refractivity contribution in [2.75, 3.05) is 50.4 Å². The van der Waals surface area contributed by atoms with Gasteiger partial charge in [0.2, 0.25) is 15.9 Å². The van der Waals surface area contributed by atoms with Crippen LogP contribution in [0.5, 0.6) is 5.75 Å². The molecule has 2 rings (SSSR count). The van der Waals surface area contributed by atoms with Crippen LogP contribution >= 0.6 is 0 Å². The minimum atomic E-state index is -3.58. The van der Waals surface area contributed by atoms with Crippen molar-refractivity contribution in [3.05, 3.63) is 24.3 Å². The zero-order valence-corrected chi connectivity index (χ0v) is 17.3. The monoisotopic (exact) mass is 397 g/mol. The van der Waals surface area contributed by atoms with Gasteiger partial charge in [-0.15, -0.1) is 0 Å². The average Bonchev–Trinajstić information content (AvgIpc) is 2.64. The zero-order valence-electron chi connectivity index (χ0n) is 16.5. The second-order valence-electron chi connectivity index (χ2n) is 7.20. The van der Waals surface area contributed by atoms with Crippen molar-refractivity contribution in [3.63, 3.8) is 0 Å². The van der Waals surface area contributed by atoms with Gasteiger partial charge in [-0.25, -0.2) is 8.42 Å². The van der Waals surface area contributed by atoms with Gasteiger partial charge in [0.1, 0.15) is 12.3 Å². The zero-order chi connectivity index (χ0) is 19.9. The molecule has 1 aliphatic heterocycles. The highest BCUT2D eigenvalue weighted by Gasteiger charge is 2.21. The van der Waals surface area contributed by atoms with Crippen molar-refractivity contribution in [3.8, 4) is 5.75 Å². The second kappa shape index (κ2) is 9.94. The third-order valence-corrected chi connectivity index (χ3v) is 6.02. The first kappa shape index (κ1) is 21.5. The third-order valence-electron chi connectivity index (χ3n) is 4.88. The SMILES string of the molecule is COc1cccc(N(CC(=O)NCCCN2CCC(C)CC2)S(C)(=O)=O)c1. The van der Waals surface area contributed by atoms with E-state index in [0.29, 0.717) is 18.0 Å².